The zero-order valence-corrected chi connectivity index (χ0v) is 10.7. The molecule has 0 aliphatic carbocycles. The summed E-state index contributed by atoms with van der Waals surface area (Å²) >= 11 is 3.33. The molecule has 0 aliphatic heterocycles. The van der Waals surface area contributed by atoms with Crippen molar-refractivity contribution in [1.29, 1.82) is 5.26 Å². The second kappa shape index (κ2) is 6.29. The minimum atomic E-state index is -0.00885. The number of rotatable bonds is 4. The Balaban J connectivity index is 2.69. The van der Waals surface area contributed by atoms with E-state index in [4.69, 9.17) is 5.26 Å². The zero-order chi connectivity index (χ0) is 12.0. The van der Waals surface area contributed by atoms with Crippen LogP contribution in [0, 0.1) is 11.3 Å². The van der Waals surface area contributed by atoms with Gasteiger partial charge >= 0.3 is 0 Å². The summed E-state index contributed by atoms with van der Waals surface area (Å²) in [7, 11) is 1.78. The van der Waals surface area contributed by atoms with E-state index in [-0.39, 0.29) is 5.91 Å². The Labute approximate surface area is 104 Å². The van der Waals surface area contributed by atoms with Gasteiger partial charge in [0.05, 0.1) is 11.6 Å². The summed E-state index contributed by atoms with van der Waals surface area (Å²) in [6.07, 6.45) is 0.929. The lowest BCUT2D eigenvalue weighted by molar-refractivity contribution is 0.0795. The number of hydrogen-bond donors (Lipinski definition) is 0. The van der Waals surface area contributed by atoms with E-state index >= 15 is 0 Å². The number of alkyl halides is 1. The molecule has 0 atom stereocenters. The van der Waals surface area contributed by atoms with Crippen LogP contribution in [0.15, 0.2) is 24.3 Å². The molecular weight excluding hydrogens is 268 g/mol. The summed E-state index contributed by atoms with van der Waals surface area (Å²) < 4.78 is 0. The van der Waals surface area contributed by atoms with Gasteiger partial charge in [-0.3, -0.25) is 4.79 Å². The standard InChI is InChI=1S/C12H13BrN2O/c1-15(8-2-7-13)12(16)11-5-3-10(9-14)4-6-11/h3-6H,2,7-8H2,1H3. The Hall–Kier alpha value is -1.34. The summed E-state index contributed by atoms with van der Waals surface area (Å²) in [5.74, 6) is -0.00885. The SMILES string of the molecule is CN(CCCBr)C(=O)c1ccc(C#N)cc1. The van der Waals surface area contributed by atoms with Crippen molar-refractivity contribution in [2.24, 2.45) is 0 Å². The van der Waals surface area contributed by atoms with Crippen molar-refractivity contribution < 1.29 is 4.79 Å². The van der Waals surface area contributed by atoms with Crippen LogP contribution in [0.2, 0.25) is 0 Å². The quantitative estimate of drug-likeness (QED) is 0.795. The van der Waals surface area contributed by atoms with Gasteiger partial charge < -0.3 is 4.90 Å². The Morgan fingerprint density at radius 2 is 2.06 bits per heavy atom. The maximum absolute atomic E-state index is 11.9. The molecule has 1 aromatic rings. The summed E-state index contributed by atoms with van der Waals surface area (Å²) in [6, 6.07) is 8.71. The highest BCUT2D eigenvalue weighted by molar-refractivity contribution is 9.09. The molecule has 0 aromatic heterocycles. The lowest BCUT2D eigenvalue weighted by Gasteiger charge is -2.16. The van der Waals surface area contributed by atoms with Gasteiger partial charge in [-0.25, -0.2) is 0 Å². The van der Waals surface area contributed by atoms with E-state index in [1.54, 1.807) is 36.2 Å². The van der Waals surface area contributed by atoms with Gasteiger partial charge in [0.15, 0.2) is 0 Å². The van der Waals surface area contributed by atoms with Crippen molar-refractivity contribution in [1.82, 2.24) is 4.90 Å². The maximum atomic E-state index is 11.9. The van der Waals surface area contributed by atoms with Crippen LogP contribution in [0.5, 0.6) is 0 Å². The molecule has 0 bridgehead atoms. The van der Waals surface area contributed by atoms with Crippen molar-refractivity contribution in [3.05, 3.63) is 35.4 Å². The number of nitrogens with zero attached hydrogens (tertiary/aromatic N) is 2. The summed E-state index contributed by atoms with van der Waals surface area (Å²) in [6.45, 7) is 0.726. The van der Waals surface area contributed by atoms with Gasteiger partial charge in [0.1, 0.15) is 0 Å². The normalized spacial score (nSPS) is 9.56. The molecule has 0 N–H and O–H groups in total. The number of nitriles is 1. The predicted molar refractivity (Wildman–Crippen MR) is 66.5 cm³/mol. The summed E-state index contributed by atoms with van der Waals surface area (Å²) in [4.78, 5) is 13.6. The van der Waals surface area contributed by atoms with Gasteiger partial charge in [-0.15, -0.1) is 0 Å². The lowest BCUT2D eigenvalue weighted by Crippen LogP contribution is -2.27. The minimum Gasteiger partial charge on any atom is -0.342 e. The van der Waals surface area contributed by atoms with Gasteiger partial charge in [-0.2, -0.15) is 5.26 Å². The Morgan fingerprint density at radius 3 is 2.56 bits per heavy atom. The van der Waals surface area contributed by atoms with E-state index in [1.165, 1.54) is 0 Å². The molecule has 1 rings (SSSR count). The third-order valence-corrected chi connectivity index (χ3v) is 2.80. The van der Waals surface area contributed by atoms with Crippen LogP contribution in [0.1, 0.15) is 22.3 Å². The molecule has 0 fully saturated rings. The average Bonchev–Trinajstić information content (AvgIpc) is 2.35. The van der Waals surface area contributed by atoms with Crippen molar-refractivity contribution in [2.75, 3.05) is 18.9 Å². The molecule has 16 heavy (non-hydrogen) atoms. The Morgan fingerprint density at radius 1 is 1.44 bits per heavy atom. The van der Waals surface area contributed by atoms with Crippen LogP contribution in [0.3, 0.4) is 0 Å². The number of amides is 1. The van der Waals surface area contributed by atoms with Gasteiger partial charge in [-0.05, 0) is 30.7 Å². The monoisotopic (exact) mass is 280 g/mol. The number of carbonyl (C=O) groups is 1. The molecule has 4 heteroatoms. The molecule has 0 heterocycles. The van der Waals surface area contributed by atoms with Crippen molar-refractivity contribution in [3.8, 4) is 6.07 Å². The van der Waals surface area contributed by atoms with Crippen LogP contribution in [-0.2, 0) is 0 Å². The fourth-order valence-corrected chi connectivity index (χ4v) is 1.56. The van der Waals surface area contributed by atoms with Crippen molar-refractivity contribution in [3.63, 3.8) is 0 Å². The first-order chi connectivity index (χ1) is 7.69. The molecule has 1 amide bonds. The third-order valence-electron chi connectivity index (χ3n) is 2.23. The molecule has 0 saturated carbocycles. The van der Waals surface area contributed by atoms with E-state index in [0.29, 0.717) is 11.1 Å². The highest BCUT2D eigenvalue weighted by atomic mass is 79.9. The van der Waals surface area contributed by atoms with E-state index in [0.717, 1.165) is 18.3 Å². The number of benzene rings is 1. The molecule has 84 valence electrons. The number of hydrogen-bond acceptors (Lipinski definition) is 2. The van der Waals surface area contributed by atoms with E-state index in [2.05, 4.69) is 15.9 Å². The number of carbonyl (C=O) groups excluding carboxylic acids is 1. The largest absolute Gasteiger partial charge is 0.342 e. The van der Waals surface area contributed by atoms with Crippen LogP contribution in [0.25, 0.3) is 0 Å². The average molecular weight is 281 g/mol. The first kappa shape index (κ1) is 12.7. The molecule has 0 spiro atoms. The summed E-state index contributed by atoms with van der Waals surface area (Å²) in [5, 5.41) is 9.53. The Bertz CT molecular complexity index is 394. The molecule has 0 unspecified atom stereocenters. The van der Waals surface area contributed by atoms with Crippen molar-refractivity contribution >= 4 is 21.8 Å². The third kappa shape index (κ3) is 3.35. The van der Waals surface area contributed by atoms with Gasteiger partial charge in [0, 0.05) is 24.5 Å². The van der Waals surface area contributed by atoms with E-state index < -0.39 is 0 Å². The van der Waals surface area contributed by atoms with Crippen LogP contribution >= 0.6 is 15.9 Å². The molecule has 1 aromatic carbocycles. The topological polar surface area (TPSA) is 44.1 Å². The smallest absolute Gasteiger partial charge is 0.253 e. The molecule has 0 radical (unpaired) electrons. The second-order valence-electron chi connectivity index (χ2n) is 3.46. The molecule has 0 saturated heterocycles. The van der Waals surface area contributed by atoms with Gasteiger partial charge in [0.25, 0.3) is 5.91 Å². The van der Waals surface area contributed by atoms with Crippen LogP contribution in [0.4, 0.5) is 0 Å². The Kier molecular flexibility index (Phi) is 5.00. The fraction of sp³-hybridized carbons (Fsp3) is 0.333. The molecule has 0 aliphatic rings. The maximum Gasteiger partial charge on any atom is 0.253 e. The zero-order valence-electron chi connectivity index (χ0n) is 9.11. The van der Waals surface area contributed by atoms with E-state index in [1.807, 2.05) is 6.07 Å². The first-order valence-electron chi connectivity index (χ1n) is 5.00. The summed E-state index contributed by atoms with van der Waals surface area (Å²) in [5.41, 5.74) is 1.19. The highest BCUT2D eigenvalue weighted by Crippen LogP contribution is 2.06. The van der Waals surface area contributed by atoms with Gasteiger partial charge in [0.2, 0.25) is 0 Å². The van der Waals surface area contributed by atoms with E-state index in [9.17, 15) is 4.79 Å². The molecule has 3 nitrogen and oxygen atoms in total. The fourth-order valence-electron chi connectivity index (χ4n) is 1.31. The van der Waals surface area contributed by atoms with Crippen molar-refractivity contribution in [2.45, 2.75) is 6.42 Å². The van der Waals surface area contributed by atoms with Crippen LogP contribution < -0.4 is 0 Å². The molecular formula is C12H13BrN2O. The second-order valence-corrected chi connectivity index (χ2v) is 4.25. The lowest BCUT2D eigenvalue weighted by atomic mass is 10.1. The first-order valence-corrected chi connectivity index (χ1v) is 6.12. The predicted octanol–water partition coefficient (Wildman–Crippen LogP) is 2.42. The van der Waals surface area contributed by atoms with Crippen LogP contribution in [-0.4, -0.2) is 29.7 Å². The minimum absolute atomic E-state index is 0.00885. The van der Waals surface area contributed by atoms with Gasteiger partial charge in [-0.1, -0.05) is 15.9 Å². The number of halogens is 1. The highest BCUT2D eigenvalue weighted by Gasteiger charge is 2.10.